The van der Waals surface area contributed by atoms with E-state index in [1.165, 1.54) is 108 Å². The van der Waals surface area contributed by atoms with E-state index in [0.717, 1.165) is 48.9 Å². The number of amides is 1. The van der Waals surface area contributed by atoms with Gasteiger partial charge < -0.3 is 15.4 Å². The van der Waals surface area contributed by atoms with Crippen molar-refractivity contribution in [3.8, 4) is 5.75 Å². The molecular formula is C36H60N2O2. The van der Waals surface area contributed by atoms with Crippen molar-refractivity contribution >= 4 is 5.91 Å². The van der Waals surface area contributed by atoms with Crippen LogP contribution in [0.4, 0.5) is 0 Å². The third kappa shape index (κ3) is 10.7. The van der Waals surface area contributed by atoms with E-state index in [2.05, 4.69) is 55.7 Å². The van der Waals surface area contributed by atoms with Gasteiger partial charge in [-0.3, -0.25) is 4.79 Å². The summed E-state index contributed by atoms with van der Waals surface area (Å²) in [4.78, 5) is 12.6. The fourth-order valence-electron chi connectivity index (χ4n) is 7.87. The molecule has 0 bridgehead atoms. The van der Waals surface area contributed by atoms with Crippen molar-refractivity contribution in [1.29, 1.82) is 0 Å². The summed E-state index contributed by atoms with van der Waals surface area (Å²) in [6, 6.07) is 9.94. The molecule has 3 aliphatic carbocycles. The van der Waals surface area contributed by atoms with E-state index in [1.54, 1.807) is 0 Å². The number of hydrogen-bond acceptors (Lipinski definition) is 3. The molecule has 4 nitrogen and oxygen atoms in total. The van der Waals surface area contributed by atoms with Gasteiger partial charge in [-0.1, -0.05) is 70.1 Å². The van der Waals surface area contributed by atoms with E-state index < -0.39 is 0 Å². The highest BCUT2D eigenvalue weighted by molar-refractivity contribution is 5.76. The molecule has 226 valence electrons. The Labute approximate surface area is 246 Å². The first-order valence-electron chi connectivity index (χ1n) is 17.3. The van der Waals surface area contributed by atoms with Crippen molar-refractivity contribution in [2.24, 2.45) is 23.7 Å². The van der Waals surface area contributed by atoms with Crippen molar-refractivity contribution in [2.45, 2.75) is 154 Å². The van der Waals surface area contributed by atoms with Crippen molar-refractivity contribution < 1.29 is 9.53 Å². The average molecular weight is 553 g/mol. The highest BCUT2D eigenvalue weighted by atomic mass is 16.5. The van der Waals surface area contributed by atoms with Gasteiger partial charge in [0.1, 0.15) is 12.4 Å². The third-order valence-corrected chi connectivity index (χ3v) is 10.6. The summed E-state index contributed by atoms with van der Waals surface area (Å²) < 4.78 is 6.13. The summed E-state index contributed by atoms with van der Waals surface area (Å²) in [5, 5.41) is 7.36. The Morgan fingerprint density at radius 2 is 1.38 bits per heavy atom. The molecule has 0 spiro atoms. The minimum absolute atomic E-state index is 0.317. The minimum Gasteiger partial charge on any atom is -0.492 e. The zero-order valence-corrected chi connectivity index (χ0v) is 26.1. The topological polar surface area (TPSA) is 50.4 Å². The van der Waals surface area contributed by atoms with Gasteiger partial charge in [-0.2, -0.15) is 0 Å². The Hall–Kier alpha value is -1.55. The summed E-state index contributed by atoms with van der Waals surface area (Å²) in [6.45, 7) is 7.48. The fraction of sp³-hybridized carbons (Fsp3) is 0.806. The van der Waals surface area contributed by atoms with Gasteiger partial charge in [0, 0.05) is 24.5 Å². The van der Waals surface area contributed by atoms with Gasteiger partial charge >= 0.3 is 0 Å². The molecule has 1 atom stereocenters. The molecule has 2 N–H and O–H groups in total. The Morgan fingerprint density at radius 3 is 1.98 bits per heavy atom. The molecule has 1 aromatic carbocycles. The number of ether oxygens (including phenoxy) is 1. The van der Waals surface area contributed by atoms with Crippen LogP contribution >= 0.6 is 0 Å². The van der Waals surface area contributed by atoms with Crippen molar-refractivity contribution in [3.63, 3.8) is 0 Å². The standard InChI is InChI=1S/C36H60N2O2/c1-4-6-34(26-40-35-22-7-27(3)8-23-35)37-32-18-13-30(14-19-32)25-31-15-20-33(21-16-31)38-36(39)24-17-29-11-9-28(5-2)10-12-29/h7-8,22-23,28-34,37H,4-6,9-21,24-26H2,1-3H3,(H,38,39). The van der Waals surface area contributed by atoms with Crippen LogP contribution in [0.1, 0.15) is 135 Å². The zero-order valence-electron chi connectivity index (χ0n) is 26.1. The van der Waals surface area contributed by atoms with Gasteiger partial charge in [-0.05, 0) is 113 Å². The quantitative estimate of drug-likeness (QED) is 0.243. The lowest BCUT2D eigenvalue weighted by molar-refractivity contribution is -0.122. The molecule has 40 heavy (non-hydrogen) atoms. The molecule has 0 aromatic heterocycles. The van der Waals surface area contributed by atoms with E-state index in [-0.39, 0.29) is 0 Å². The van der Waals surface area contributed by atoms with Gasteiger partial charge in [0.25, 0.3) is 0 Å². The van der Waals surface area contributed by atoms with Gasteiger partial charge in [0.2, 0.25) is 5.91 Å². The monoisotopic (exact) mass is 552 g/mol. The number of aryl methyl sites for hydroxylation is 1. The maximum Gasteiger partial charge on any atom is 0.220 e. The molecular weight excluding hydrogens is 492 g/mol. The van der Waals surface area contributed by atoms with E-state index >= 15 is 0 Å². The van der Waals surface area contributed by atoms with Crippen LogP contribution in [-0.2, 0) is 4.79 Å². The van der Waals surface area contributed by atoms with E-state index in [4.69, 9.17) is 4.74 Å². The maximum atomic E-state index is 12.6. The van der Waals surface area contributed by atoms with E-state index in [1.807, 2.05) is 0 Å². The van der Waals surface area contributed by atoms with Crippen molar-refractivity contribution in [3.05, 3.63) is 29.8 Å². The van der Waals surface area contributed by atoms with Crippen LogP contribution in [-0.4, -0.2) is 30.6 Å². The molecule has 1 unspecified atom stereocenters. The molecule has 1 aromatic rings. The van der Waals surface area contributed by atoms with Crippen LogP contribution < -0.4 is 15.4 Å². The highest BCUT2D eigenvalue weighted by Gasteiger charge is 2.28. The molecule has 0 saturated heterocycles. The summed E-state index contributed by atoms with van der Waals surface area (Å²) in [7, 11) is 0. The molecule has 0 heterocycles. The Balaban J connectivity index is 1.07. The number of rotatable bonds is 14. The van der Waals surface area contributed by atoms with Crippen LogP contribution in [0, 0.1) is 30.6 Å². The van der Waals surface area contributed by atoms with E-state index in [9.17, 15) is 4.79 Å². The largest absolute Gasteiger partial charge is 0.492 e. The second-order valence-corrected chi connectivity index (χ2v) is 13.8. The number of carbonyl (C=O) groups excluding carboxylic acids is 1. The Kier molecular flexibility index (Phi) is 13.2. The number of nitrogens with one attached hydrogen (secondary N) is 2. The normalized spacial score (nSPS) is 30.0. The molecule has 4 rings (SSSR count). The van der Waals surface area contributed by atoms with Crippen molar-refractivity contribution in [1.82, 2.24) is 10.6 Å². The van der Waals surface area contributed by atoms with Gasteiger partial charge in [-0.25, -0.2) is 0 Å². The number of carbonyl (C=O) groups is 1. The SMILES string of the molecule is CCCC(COc1ccc(C)cc1)NC1CCC(CC2CCC(NC(=O)CCC3CCC(CC)CC3)CC2)CC1. The van der Waals surface area contributed by atoms with Crippen LogP contribution in [0.3, 0.4) is 0 Å². The lowest BCUT2D eigenvalue weighted by atomic mass is 9.75. The van der Waals surface area contributed by atoms with Gasteiger partial charge in [0.05, 0.1) is 0 Å². The second-order valence-electron chi connectivity index (χ2n) is 13.8. The summed E-state index contributed by atoms with van der Waals surface area (Å²) in [6.07, 6.45) is 22.7. The van der Waals surface area contributed by atoms with Crippen LogP contribution in [0.25, 0.3) is 0 Å². The second kappa shape index (κ2) is 16.8. The molecule has 4 heteroatoms. The Bertz CT molecular complexity index is 831. The minimum atomic E-state index is 0.317. The highest BCUT2D eigenvalue weighted by Crippen LogP contribution is 2.36. The number of benzene rings is 1. The summed E-state index contributed by atoms with van der Waals surface area (Å²) in [5.74, 6) is 4.80. The first-order chi connectivity index (χ1) is 19.5. The predicted octanol–water partition coefficient (Wildman–Crippen LogP) is 8.75. The smallest absolute Gasteiger partial charge is 0.220 e. The molecule has 3 saturated carbocycles. The molecule has 1 amide bonds. The Morgan fingerprint density at radius 1 is 0.800 bits per heavy atom. The molecule has 3 aliphatic rings. The lowest BCUT2D eigenvalue weighted by Crippen LogP contribution is -2.43. The molecule has 0 aliphatic heterocycles. The summed E-state index contributed by atoms with van der Waals surface area (Å²) >= 11 is 0. The number of hydrogen-bond donors (Lipinski definition) is 2. The van der Waals surface area contributed by atoms with E-state index in [0.29, 0.717) is 24.0 Å². The average Bonchev–Trinajstić information content (AvgIpc) is 2.98. The first kappa shape index (κ1) is 31.4. The van der Waals surface area contributed by atoms with Crippen LogP contribution in [0.15, 0.2) is 24.3 Å². The third-order valence-electron chi connectivity index (χ3n) is 10.6. The van der Waals surface area contributed by atoms with Crippen LogP contribution in [0.5, 0.6) is 5.75 Å². The fourth-order valence-corrected chi connectivity index (χ4v) is 7.87. The van der Waals surface area contributed by atoms with Crippen molar-refractivity contribution in [2.75, 3.05) is 6.61 Å². The van der Waals surface area contributed by atoms with Gasteiger partial charge in [0.15, 0.2) is 0 Å². The maximum absolute atomic E-state index is 12.6. The van der Waals surface area contributed by atoms with Gasteiger partial charge in [-0.15, -0.1) is 0 Å². The molecule has 0 radical (unpaired) electrons. The van der Waals surface area contributed by atoms with Crippen LogP contribution in [0.2, 0.25) is 0 Å². The lowest BCUT2D eigenvalue weighted by Gasteiger charge is -2.35. The predicted molar refractivity (Wildman–Crippen MR) is 168 cm³/mol. The molecule has 3 fully saturated rings. The summed E-state index contributed by atoms with van der Waals surface area (Å²) in [5.41, 5.74) is 1.28. The zero-order chi connectivity index (χ0) is 28.2. The first-order valence-corrected chi connectivity index (χ1v) is 17.3.